The highest BCUT2D eigenvalue weighted by Gasteiger charge is 2.47. The van der Waals surface area contributed by atoms with E-state index in [-0.39, 0.29) is 11.3 Å². The highest BCUT2D eigenvalue weighted by molar-refractivity contribution is 6.51. The molecule has 1 heterocycles. The number of aliphatic hydroxyl groups is 1. The Hall–Kier alpha value is -4.06. The monoisotopic (exact) mass is 471 g/mol. The van der Waals surface area contributed by atoms with Crippen molar-refractivity contribution in [2.75, 3.05) is 18.1 Å². The predicted molar refractivity (Wildman–Crippen MR) is 136 cm³/mol. The van der Waals surface area contributed by atoms with E-state index in [1.165, 1.54) is 4.90 Å². The number of nitrogens with zero attached hydrogens (tertiary/aromatic N) is 1. The van der Waals surface area contributed by atoms with Crippen molar-refractivity contribution in [1.82, 2.24) is 0 Å². The van der Waals surface area contributed by atoms with Crippen molar-refractivity contribution in [1.29, 1.82) is 0 Å². The SMILES string of the molecule is CCCOc1ccc(/C(O)=C2\C(=O)C(=O)N(c3ccccc3)C2c2cccc(OCC)c2)cc1C. The number of anilines is 1. The molecule has 180 valence electrons. The minimum Gasteiger partial charge on any atom is -0.507 e. The van der Waals surface area contributed by atoms with E-state index in [9.17, 15) is 14.7 Å². The summed E-state index contributed by atoms with van der Waals surface area (Å²) in [7, 11) is 0. The minimum absolute atomic E-state index is 0.0362. The molecule has 0 bridgehead atoms. The molecule has 1 unspecified atom stereocenters. The maximum absolute atomic E-state index is 13.3. The van der Waals surface area contributed by atoms with Crippen LogP contribution in [0.2, 0.25) is 0 Å². The van der Waals surface area contributed by atoms with Gasteiger partial charge in [-0.2, -0.15) is 0 Å². The molecule has 1 saturated heterocycles. The Kier molecular flexibility index (Phi) is 7.20. The Balaban J connectivity index is 1.87. The number of ether oxygens (including phenoxy) is 2. The van der Waals surface area contributed by atoms with Crippen molar-refractivity contribution >= 4 is 23.1 Å². The molecular formula is C29H29NO5. The van der Waals surface area contributed by atoms with Crippen LogP contribution >= 0.6 is 0 Å². The molecule has 0 saturated carbocycles. The van der Waals surface area contributed by atoms with Gasteiger partial charge in [-0.1, -0.05) is 37.3 Å². The van der Waals surface area contributed by atoms with Gasteiger partial charge in [0.15, 0.2) is 0 Å². The zero-order valence-electron chi connectivity index (χ0n) is 20.2. The molecule has 6 heteroatoms. The number of hydrogen-bond acceptors (Lipinski definition) is 5. The average molecular weight is 472 g/mol. The Morgan fingerprint density at radius 3 is 2.40 bits per heavy atom. The zero-order valence-corrected chi connectivity index (χ0v) is 20.2. The number of carbonyl (C=O) groups is 2. The zero-order chi connectivity index (χ0) is 24.9. The smallest absolute Gasteiger partial charge is 0.300 e. The van der Waals surface area contributed by atoms with Gasteiger partial charge >= 0.3 is 0 Å². The second-order valence-corrected chi connectivity index (χ2v) is 8.34. The normalized spacial score (nSPS) is 17.0. The molecule has 35 heavy (non-hydrogen) atoms. The first-order chi connectivity index (χ1) is 17.0. The van der Waals surface area contributed by atoms with Crippen LogP contribution in [-0.4, -0.2) is 30.0 Å². The number of aryl methyl sites for hydroxylation is 1. The highest BCUT2D eigenvalue weighted by Crippen LogP contribution is 2.43. The second-order valence-electron chi connectivity index (χ2n) is 8.34. The van der Waals surface area contributed by atoms with Crippen LogP contribution < -0.4 is 14.4 Å². The summed E-state index contributed by atoms with van der Waals surface area (Å²) in [6.45, 7) is 6.87. The van der Waals surface area contributed by atoms with Gasteiger partial charge in [0.25, 0.3) is 11.7 Å². The molecule has 0 aromatic heterocycles. The Morgan fingerprint density at radius 2 is 1.71 bits per heavy atom. The lowest BCUT2D eigenvalue weighted by atomic mass is 9.94. The molecule has 0 aliphatic carbocycles. The first kappa shape index (κ1) is 24.1. The quantitative estimate of drug-likeness (QED) is 0.255. The van der Waals surface area contributed by atoms with Crippen LogP contribution in [0.5, 0.6) is 11.5 Å². The van der Waals surface area contributed by atoms with Crippen molar-refractivity contribution in [3.63, 3.8) is 0 Å². The van der Waals surface area contributed by atoms with E-state index in [0.29, 0.717) is 41.5 Å². The molecule has 4 rings (SSSR count). The lowest BCUT2D eigenvalue weighted by Gasteiger charge is -2.25. The van der Waals surface area contributed by atoms with Gasteiger partial charge in [0, 0.05) is 11.3 Å². The minimum atomic E-state index is -0.811. The van der Waals surface area contributed by atoms with Crippen LogP contribution in [0.25, 0.3) is 5.76 Å². The van der Waals surface area contributed by atoms with Gasteiger partial charge in [0.05, 0.1) is 24.8 Å². The Labute approximate surface area is 205 Å². The second kappa shape index (κ2) is 10.5. The molecule has 3 aromatic rings. The molecule has 1 amide bonds. The predicted octanol–water partition coefficient (Wildman–Crippen LogP) is 5.81. The molecule has 1 aliphatic heterocycles. The van der Waals surface area contributed by atoms with Gasteiger partial charge in [-0.25, -0.2) is 0 Å². The number of benzene rings is 3. The summed E-state index contributed by atoms with van der Waals surface area (Å²) in [4.78, 5) is 28.0. The number of carbonyl (C=O) groups excluding carboxylic acids is 2. The van der Waals surface area contributed by atoms with Crippen LogP contribution in [-0.2, 0) is 9.59 Å². The number of amides is 1. The van der Waals surface area contributed by atoms with E-state index in [4.69, 9.17) is 9.47 Å². The van der Waals surface area contributed by atoms with Crippen LogP contribution in [0.3, 0.4) is 0 Å². The Morgan fingerprint density at radius 1 is 0.943 bits per heavy atom. The molecule has 1 fully saturated rings. The van der Waals surface area contributed by atoms with E-state index in [0.717, 1.165) is 12.0 Å². The van der Waals surface area contributed by atoms with Gasteiger partial charge < -0.3 is 14.6 Å². The van der Waals surface area contributed by atoms with Gasteiger partial charge in [0.2, 0.25) is 0 Å². The molecule has 0 spiro atoms. The summed E-state index contributed by atoms with van der Waals surface area (Å²) in [6, 6.07) is 20.7. The summed E-state index contributed by atoms with van der Waals surface area (Å²) in [5, 5.41) is 11.4. The largest absolute Gasteiger partial charge is 0.507 e. The van der Waals surface area contributed by atoms with Crippen molar-refractivity contribution in [3.8, 4) is 11.5 Å². The average Bonchev–Trinajstić information content (AvgIpc) is 3.14. The molecule has 6 nitrogen and oxygen atoms in total. The van der Waals surface area contributed by atoms with Crippen molar-refractivity contribution in [2.24, 2.45) is 0 Å². The number of para-hydroxylation sites is 1. The standard InChI is InChI=1S/C29H29NO5/c1-4-16-35-24-15-14-21(17-19(24)3)27(31)25-26(20-10-9-13-23(18-20)34-5-2)30(29(33)28(25)32)22-11-7-6-8-12-22/h6-15,17-18,26,31H,4-5,16H2,1-3H3/b27-25+. The first-order valence-electron chi connectivity index (χ1n) is 11.8. The highest BCUT2D eigenvalue weighted by atomic mass is 16.5. The van der Waals surface area contributed by atoms with Gasteiger partial charge in [-0.15, -0.1) is 0 Å². The molecular weight excluding hydrogens is 442 g/mol. The molecule has 3 aromatic carbocycles. The number of Topliss-reactive ketones (excluding diaryl/α,β-unsaturated/α-hetero) is 1. The number of hydrogen-bond donors (Lipinski definition) is 1. The summed E-state index contributed by atoms with van der Waals surface area (Å²) >= 11 is 0. The fourth-order valence-electron chi connectivity index (χ4n) is 4.27. The third kappa shape index (κ3) is 4.78. The van der Waals surface area contributed by atoms with Crippen LogP contribution in [0.15, 0.2) is 78.4 Å². The fraction of sp³-hybridized carbons (Fsp3) is 0.241. The third-order valence-electron chi connectivity index (χ3n) is 5.87. The first-order valence-corrected chi connectivity index (χ1v) is 11.8. The fourth-order valence-corrected chi connectivity index (χ4v) is 4.27. The molecule has 1 aliphatic rings. The third-order valence-corrected chi connectivity index (χ3v) is 5.87. The number of rotatable bonds is 8. The summed E-state index contributed by atoms with van der Waals surface area (Å²) in [6.07, 6.45) is 0.880. The summed E-state index contributed by atoms with van der Waals surface area (Å²) in [5.74, 6) is -0.309. The molecule has 1 atom stereocenters. The number of aliphatic hydroxyl groups excluding tert-OH is 1. The van der Waals surface area contributed by atoms with Crippen molar-refractivity contribution in [3.05, 3.63) is 95.1 Å². The van der Waals surface area contributed by atoms with Crippen molar-refractivity contribution < 1.29 is 24.2 Å². The van der Waals surface area contributed by atoms with Crippen LogP contribution in [0, 0.1) is 6.92 Å². The van der Waals surface area contributed by atoms with E-state index >= 15 is 0 Å². The van der Waals surface area contributed by atoms with Crippen molar-refractivity contribution in [2.45, 2.75) is 33.2 Å². The van der Waals surface area contributed by atoms with Crippen LogP contribution in [0.4, 0.5) is 5.69 Å². The maximum atomic E-state index is 13.3. The van der Waals surface area contributed by atoms with Crippen LogP contribution in [0.1, 0.15) is 43.0 Å². The van der Waals surface area contributed by atoms with E-state index in [2.05, 4.69) is 0 Å². The summed E-state index contributed by atoms with van der Waals surface area (Å²) < 4.78 is 11.4. The lowest BCUT2D eigenvalue weighted by Crippen LogP contribution is -2.29. The maximum Gasteiger partial charge on any atom is 0.300 e. The van der Waals surface area contributed by atoms with Gasteiger partial charge in [-0.05, 0) is 73.9 Å². The molecule has 0 radical (unpaired) electrons. The van der Waals surface area contributed by atoms with Gasteiger partial charge in [0.1, 0.15) is 17.3 Å². The Bertz CT molecular complexity index is 1270. The topological polar surface area (TPSA) is 76.1 Å². The molecule has 1 N–H and O–H groups in total. The van der Waals surface area contributed by atoms with Gasteiger partial charge in [-0.3, -0.25) is 14.5 Å². The summed E-state index contributed by atoms with van der Waals surface area (Å²) in [5.41, 5.74) is 2.55. The lowest BCUT2D eigenvalue weighted by molar-refractivity contribution is -0.132. The van der Waals surface area contributed by atoms with E-state index in [1.807, 2.05) is 45.0 Å². The van der Waals surface area contributed by atoms with E-state index < -0.39 is 17.7 Å². The van der Waals surface area contributed by atoms with E-state index in [1.54, 1.807) is 48.5 Å². The number of ketones is 1.